The molecule has 152 valence electrons. The van der Waals surface area contributed by atoms with Gasteiger partial charge in [-0.1, -0.05) is 19.9 Å². The van der Waals surface area contributed by atoms with Crippen LogP contribution in [-0.2, 0) is 11.3 Å². The van der Waals surface area contributed by atoms with Crippen molar-refractivity contribution in [2.45, 2.75) is 52.6 Å². The van der Waals surface area contributed by atoms with E-state index in [1.807, 2.05) is 30.9 Å². The summed E-state index contributed by atoms with van der Waals surface area (Å²) in [6, 6.07) is 4.12. The van der Waals surface area contributed by atoms with Gasteiger partial charge in [0.25, 0.3) is 0 Å². The van der Waals surface area contributed by atoms with Crippen LogP contribution in [0.5, 0.6) is 5.88 Å². The molecule has 1 aromatic rings. The summed E-state index contributed by atoms with van der Waals surface area (Å²) in [5.74, 6) is 1.62. The average molecular weight is 489 g/mol. The Balaban J connectivity index is 0.00000364. The van der Waals surface area contributed by atoms with Crippen molar-refractivity contribution in [3.8, 4) is 5.88 Å². The number of halogens is 1. The molecular weight excluding hydrogens is 457 g/mol. The minimum atomic E-state index is 0. The first-order chi connectivity index (χ1) is 12.7. The zero-order valence-electron chi connectivity index (χ0n) is 16.5. The molecular formula is C19H32IN5O2. The minimum absolute atomic E-state index is 0. The largest absolute Gasteiger partial charge is 0.477 e. The molecule has 1 unspecified atom stereocenters. The minimum Gasteiger partial charge on any atom is -0.477 e. The second kappa shape index (κ2) is 12.7. The summed E-state index contributed by atoms with van der Waals surface area (Å²) >= 11 is 0. The van der Waals surface area contributed by atoms with Crippen LogP contribution in [0, 0.1) is 0 Å². The molecule has 2 rings (SSSR count). The molecule has 8 heteroatoms. The van der Waals surface area contributed by atoms with Crippen LogP contribution in [0.4, 0.5) is 0 Å². The van der Waals surface area contributed by atoms with Crippen LogP contribution in [-0.4, -0.2) is 54.0 Å². The molecule has 1 fully saturated rings. The van der Waals surface area contributed by atoms with Crippen LogP contribution in [0.2, 0.25) is 0 Å². The maximum Gasteiger partial charge on any atom is 0.222 e. The number of nitrogens with one attached hydrogen (secondary N) is 2. The summed E-state index contributed by atoms with van der Waals surface area (Å²) in [7, 11) is 0. The number of nitrogens with zero attached hydrogens (tertiary/aromatic N) is 3. The summed E-state index contributed by atoms with van der Waals surface area (Å²) in [5, 5.41) is 6.72. The number of amides is 1. The van der Waals surface area contributed by atoms with E-state index in [1.54, 1.807) is 6.20 Å². The summed E-state index contributed by atoms with van der Waals surface area (Å²) in [6.07, 6.45) is 4.17. The summed E-state index contributed by atoms with van der Waals surface area (Å²) in [4.78, 5) is 22.7. The maximum atomic E-state index is 11.8. The Morgan fingerprint density at radius 1 is 1.41 bits per heavy atom. The van der Waals surface area contributed by atoms with Crippen molar-refractivity contribution in [2.24, 2.45) is 4.99 Å². The second-order valence-electron chi connectivity index (χ2n) is 6.33. The van der Waals surface area contributed by atoms with Gasteiger partial charge in [0, 0.05) is 43.9 Å². The van der Waals surface area contributed by atoms with Gasteiger partial charge in [0.1, 0.15) is 0 Å². The first kappa shape index (κ1) is 23.5. The summed E-state index contributed by atoms with van der Waals surface area (Å²) in [6.45, 7) is 9.47. The molecule has 1 aliphatic rings. The van der Waals surface area contributed by atoms with Gasteiger partial charge in [0.05, 0.1) is 13.2 Å². The average Bonchev–Trinajstić information content (AvgIpc) is 3.13. The molecule has 1 atom stereocenters. The van der Waals surface area contributed by atoms with Crippen molar-refractivity contribution in [1.82, 2.24) is 20.5 Å². The molecule has 2 N–H and O–H groups in total. The van der Waals surface area contributed by atoms with E-state index in [1.165, 1.54) is 0 Å². The second-order valence-corrected chi connectivity index (χ2v) is 6.33. The zero-order valence-corrected chi connectivity index (χ0v) is 18.9. The quantitative estimate of drug-likeness (QED) is 0.334. The molecule has 1 aliphatic heterocycles. The number of aromatic nitrogens is 1. The highest BCUT2D eigenvalue weighted by Crippen LogP contribution is 2.16. The number of ether oxygens (including phenoxy) is 1. The van der Waals surface area contributed by atoms with E-state index in [-0.39, 0.29) is 35.9 Å². The third-order valence-electron chi connectivity index (χ3n) is 4.23. The first-order valence-corrected chi connectivity index (χ1v) is 9.57. The van der Waals surface area contributed by atoms with E-state index in [9.17, 15) is 4.79 Å². The van der Waals surface area contributed by atoms with E-state index in [0.717, 1.165) is 44.0 Å². The fourth-order valence-electron chi connectivity index (χ4n) is 2.88. The molecule has 1 saturated heterocycles. The topological polar surface area (TPSA) is 78.9 Å². The molecule has 1 amide bonds. The van der Waals surface area contributed by atoms with Crippen molar-refractivity contribution in [2.75, 3.05) is 26.2 Å². The molecule has 0 bridgehead atoms. The number of carbonyl (C=O) groups excluding carboxylic acids is 1. The Morgan fingerprint density at radius 2 is 2.22 bits per heavy atom. The number of hydrogen-bond donors (Lipinski definition) is 2. The van der Waals surface area contributed by atoms with Crippen LogP contribution in [0.3, 0.4) is 0 Å². The Morgan fingerprint density at radius 3 is 2.93 bits per heavy atom. The number of rotatable bonds is 8. The van der Waals surface area contributed by atoms with E-state index >= 15 is 0 Å². The number of likely N-dealkylation sites (tertiary alicyclic amines) is 1. The van der Waals surface area contributed by atoms with Gasteiger partial charge in [-0.2, -0.15) is 0 Å². The lowest BCUT2D eigenvalue weighted by Crippen LogP contribution is -2.45. The molecule has 1 aromatic heterocycles. The number of pyridine rings is 1. The van der Waals surface area contributed by atoms with Crippen LogP contribution in [0.15, 0.2) is 23.3 Å². The van der Waals surface area contributed by atoms with Gasteiger partial charge in [0.15, 0.2) is 5.96 Å². The normalized spacial score (nSPS) is 16.6. The number of guanidine groups is 1. The molecule has 7 nitrogen and oxygen atoms in total. The highest BCUT2D eigenvalue weighted by molar-refractivity contribution is 14.0. The summed E-state index contributed by atoms with van der Waals surface area (Å²) in [5.41, 5.74) is 0.965. The van der Waals surface area contributed by atoms with Crippen LogP contribution in [0.25, 0.3) is 0 Å². The molecule has 2 heterocycles. The van der Waals surface area contributed by atoms with E-state index in [0.29, 0.717) is 25.5 Å². The van der Waals surface area contributed by atoms with Gasteiger partial charge in [-0.25, -0.2) is 9.98 Å². The van der Waals surface area contributed by atoms with E-state index in [4.69, 9.17) is 4.74 Å². The number of carbonyl (C=O) groups is 1. The third-order valence-corrected chi connectivity index (χ3v) is 4.23. The highest BCUT2D eigenvalue weighted by Gasteiger charge is 2.25. The fourth-order valence-corrected chi connectivity index (χ4v) is 2.88. The molecule has 0 radical (unpaired) electrons. The van der Waals surface area contributed by atoms with Crippen molar-refractivity contribution < 1.29 is 9.53 Å². The Labute approximate surface area is 179 Å². The van der Waals surface area contributed by atoms with Gasteiger partial charge >= 0.3 is 0 Å². The molecule has 0 spiro atoms. The molecule has 27 heavy (non-hydrogen) atoms. The van der Waals surface area contributed by atoms with Crippen LogP contribution in [0.1, 0.15) is 45.6 Å². The Bertz CT molecular complexity index is 612. The lowest BCUT2D eigenvalue weighted by molar-refractivity contribution is -0.129. The van der Waals surface area contributed by atoms with Crippen molar-refractivity contribution in [1.29, 1.82) is 0 Å². The number of hydrogen-bond acceptors (Lipinski definition) is 4. The van der Waals surface area contributed by atoms with Crippen molar-refractivity contribution >= 4 is 35.8 Å². The van der Waals surface area contributed by atoms with Gasteiger partial charge in [0.2, 0.25) is 11.8 Å². The van der Waals surface area contributed by atoms with E-state index in [2.05, 4.69) is 27.5 Å². The SMILES string of the molecule is CCCOc1ncccc1CN=C(NCC)NC1CCN(C(=O)CC)C1.I. The Hall–Kier alpha value is -1.58. The Kier molecular flexibility index (Phi) is 11.1. The first-order valence-electron chi connectivity index (χ1n) is 9.57. The zero-order chi connectivity index (χ0) is 18.8. The smallest absolute Gasteiger partial charge is 0.222 e. The van der Waals surface area contributed by atoms with Gasteiger partial charge in [-0.3, -0.25) is 4.79 Å². The van der Waals surface area contributed by atoms with Crippen LogP contribution < -0.4 is 15.4 Å². The van der Waals surface area contributed by atoms with Gasteiger partial charge < -0.3 is 20.3 Å². The standard InChI is InChI=1S/C19H31N5O2.HI/c1-4-12-26-18-15(8-7-10-21-18)13-22-19(20-6-3)23-16-9-11-24(14-16)17(25)5-2;/h7-8,10,16H,4-6,9,11-14H2,1-3H3,(H2,20,22,23);1H. The summed E-state index contributed by atoms with van der Waals surface area (Å²) < 4.78 is 5.70. The van der Waals surface area contributed by atoms with E-state index < -0.39 is 0 Å². The molecule has 0 aromatic carbocycles. The monoisotopic (exact) mass is 489 g/mol. The van der Waals surface area contributed by atoms with Crippen LogP contribution >= 0.6 is 24.0 Å². The van der Waals surface area contributed by atoms with Gasteiger partial charge in [-0.15, -0.1) is 24.0 Å². The third kappa shape index (κ3) is 7.51. The number of aliphatic imine (C=N–C) groups is 1. The van der Waals surface area contributed by atoms with Crippen molar-refractivity contribution in [3.05, 3.63) is 23.9 Å². The maximum absolute atomic E-state index is 11.8. The molecule has 0 aliphatic carbocycles. The highest BCUT2D eigenvalue weighted by atomic mass is 127. The molecule has 0 saturated carbocycles. The predicted molar refractivity (Wildman–Crippen MR) is 119 cm³/mol. The van der Waals surface area contributed by atoms with Gasteiger partial charge in [-0.05, 0) is 25.8 Å². The van der Waals surface area contributed by atoms with Crippen molar-refractivity contribution in [3.63, 3.8) is 0 Å². The fraction of sp³-hybridized carbons (Fsp3) is 0.632. The lowest BCUT2D eigenvalue weighted by atomic mass is 10.2. The predicted octanol–water partition coefficient (Wildman–Crippen LogP) is 2.55. The lowest BCUT2D eigenvalue weighted by Gasteiger charge is -2.18.